The predicted octanol–water partition coefficient (Wildman–Crippen LogP) is 3.41. The molecule has 0 fully saturated rings. The Morgan fingerprint density at radius 2 is 1.97 bits per heavy atom. The molecule has 1 N–H and O–H groups in total. The Balaban J connectivity index is 1.42. The summed E-state index contributed by atoms with van der Waals surface area (Å²) in [7, 11) is 3.07. The largest absolute Gasteiger partial charge is 0.493 e. The van der Waals surface area contributed by atoms with E-state index in [1.54, 1.807) is 55.8 Å². The highest BCUT2D eigenvalue weighted by atomic mass is 16.5. The van der Waals surface area contributed by atoms with Crippen LogP contribution in [0.15, 0.2) is 66.6 Å². The van der Waals surface area contributed by atoms with Gasteiger partial charge in [-0.1, -0.05) is 18.2 Å². The summed E-state index contributed by atoms with van der Waals surface area (Å²) in [6.45, 7) is 0.135. The van der Waals surface area contributed by atoms with Gasteiger partial charge >= 0.3 is 0 Å². The second kappa shape index (κ2) is 9.86. The zero-order valence-electron chi connectivity index (χ0n) is 18.2. The topological polar surface area (TPSA) is 96.0 Å². The maximum atomic E-state index is 12.8. The molecule has 0 saturated heterocycles. The quantitative estimate of drug-likeness (QED) is 0.530. The van der Waals surface area contributed by atoms with Gasteiger partial charge in [-0.2, -0.15) is 0 Å². The lowest BCUT2D eigenvalue weighted by molar-refractivity contribution is -0.123. The number of carbonyl (C=O) groups excluding carboxylic acids is 2. The van der Waals surface area contributed by atoms with Gasteiger partial charge in [0.1, 0.15) is 11.5 Å². The van der Waals surface area contributed by atoms with Gasteiger partial charge in [0, 0.05) is 17.8 Å². The van der Waals surface area contributed by atoms with Crippen molar-refractivity contribution in [2.45, 2.75) is 6.54 Å². The van der Waals surface area contributed by atoms with Crippen LogP contribution < -0.4 is 24.3 Å². The van der Waals surface area contributed by atoms with Gasteiger partial charge in [-0.25, -0.2) is 0 Å². The highest BCUT2D eigenvalue weighted by molar-refractivity contribution is 6.14. The van der Waals surface area contributed by atoms with Crippen molar-refractivity contribution in [3.63, 3.8) is 0 Å². The lowest BCUT2D eigenvalue weighted by Gasteiger charge is -2.10. The van der Waals surface area contributed by atoms with E-state index in [4.69, 9.17) is 18.9 Å². The van der Waals surface area contributed by atoms with E-state index in [1.165, 1.54) is 7.11 Å². The summed E-state index contributed by atoms with van der Waals surface area (Å²) in [6, 6.07) is 15.7. The first kappa shape index (κ1) is 21.9. The molecule has 0 atom stereocenters. The highest BCUT2D eigenvalue weighted by Crippen LogP contribution is 2.37. The van der Waals surface area contributed by atoms with Crippen LogP contribution in [0.25, 0.3) is 6.08 Å². The van der Waals surface area contributed by atoms with E-state index >= 15 is 0 Å². The van der Waals surface area contributed by atoms with Crippen LogP contribution in [0, 0.1) is 0 Å². The molecule has 0 aliphatic carbocycles. The fourth-order valence-corrected chi connectivity index (χ4v) is 3.32. The molecule has 1 aliphatic rings. The zero-order chi connectivity index (χ0) is 23.2. The number of hydrogen-bond acceptors (Lipinski definition) is 7. The number of aromatic nitrogens is 1. The number of allylic oxidation sites excluding steroid dienone is 1. The molecule has 33 heavy (non-hydrogen) atoms. The number of amides is 1. The van der Waals surface area contributed by atoms with Crippen LogP contribution in [0.2, 0.25) is 0 Å². The Kier molecular flexibility index (Phi) is 6.54. The van der Waals surface area contributed by atoms with Crippen LogP contribution in [-0.2, 0) is 11.3 Å². The van der Waals surface area contributed by atoms with Crippen molar-refractivity contribution in [1.82, 2.24) is 10.3 Å². The van der Waals surface area contributed by atoms with Gasteiger partial charge in [-0.05, 0) is 36.4 Å². The van der Waals surface area contributed by atoms with Crippen molar-refractivity contribution in [2.75, 3.05) is 20.8 Å². The fraction of sp³-hybridized carbons (Fsp3) is 0.160. The minimum atomic E-state index is -0.288. The Labute approximate surface area is 190 Å². The van der Waals surface area contributed by atoms with Gasteiger partial charge in [0.15, 0.2) is 23.9 Å². The monoisotopic (exact) mass is 446 g/mol. The molecule has 1 aromatic heterocycles. The van der Waals surface area contributed by atoms with Crippen LogP contribution in [0.3, 0.4) is 0 Å². The summed E-state index contributed by atoms with van der Waals surface area (Å²) in [5.41, 5.74) is 1.81. The molecule has 8 heteroatoms. The number of hydrogen-bond donors (Lipinski definition) is 1. The second-order valence-corrected chi connectivity index (χ2v) is 7.07. The third-order valence-electron chi connectivity index (χ3n) is 4.92. The first-order valence-electron chi connectivity index (χ1n) is 10.2. The van der Waals surface area contributed by atoms with E-state index in [1.807, 2.05) is 18.2 Å². The van der Waals surface area contributed by atoms with Crippen molar-refractivity contribution in [3.8, 4) is 23.0 Å². The van der Waals surface area contributed by atoms with Crippen LogP contribution in [-0.4, -0.2) is 37.5 Å². The van der Waals surface area contributed by atoms with E-state index < -0.39 is 0 Å². The molecular formula is C25H22N2O6. The molecule has 0 radical (unpaired) electrons. The zero-order valence-corrected chi connectivity index (χ0v) is 18.2. The first-order valence-corrected chi connectivity index (χ1v) is 10.2. The normalized spacial score (nSPS) is 13.3. The lowest BCUT2D eigenvalue weighted by Crippen LogP contribution is -2.28. The van der Waals surface area contributed by atoms with Gasteiger partial charge in [0.05, 0.1) is 32.0 Å². The molecule has 8 nitrogen and oxygen atoms in total. The Morgan fingerprint density at radius 1 is 1.09 bits per heavy atom. The third kappa shape index (κ3) is 4.95. The lowest BCUT2D eigenvalue weighted by atomic mass is 10.1. The molecule has 0 bridgehead atoms. The number of methoxy groups -OCH3 is 2. The molecule has 0 unspecified atom stereocenters. The van der Waals surface area contributed by atoms with Gasteiger partial charge < -0.3 is 24.3 Å². The summed E-state index contributed by atoms with van der Waals surface area (Å²) in [5, 5.41) is 2.74. The number of benzene rings is 2. The molecule has 168 valence electrons. The van der Waals surface area contributed by atoms with Crippen molar-refractivity contribution >= 4 is 17.8 Å². The number of nitrogens with one attached hydrogen (secondary N) is 1. The molecule has 4 rings (SSSR count). The molecule has 1 aliphatic heterocycles. The Hall–Kier alpha value is -4.33. The van der Waals surface area contributed by atoms with Crippen molar-refractivity contribution in [2.24, 2.45) is 0 Å². The molecule has 0 saturated carbocycles. The van der Waals surface area contributed by atoms with E-state index in [9.17, 15) is 9.59 Å². The van der Waals surface area contributed by atoms with E-state index in [0.717, 1.165) is 5.69 Å². The van der Waals surface area contributed by atoms with Crippen LogP contribution in [0.4, 0.5) is 0 Å². The minimum absolute atomic E-state index is 0.154. The number of rotatable bonds is 8. The second-order valence-electron chi connectivity index (χ2n) is 7.07. The van der Waals surface area contributed by atoms with Crippen LogP contribution >= 0.6 is 0 Å². The molecule has 0 spiro atoms. The van der Waals surface area contributed by atoms with Gasteiger partial charge in [-0.3, -0.25) is 14.6 Å². The van der Waals surface area contributed by atoms with Crippen molar-refractivity contribution in [1.29, 1.82) is 0 Å². The maximum Gasteiger partial charge on any atom is 0.258 e. The molecule has 2 heterocycles. The van der Waals surface area contributed by atoms with E-state index in [-0.39, 0.29) is 24.1 Å². The number of para-hydroxylation sites is 1. The Morgan fingerprint density at radius 3 is 2.73 bits per heavy atom. The number of Topliss-reactive ketones (excluding diaryl/α,β-unsaturated/α-hetero) is 1. The number of nitrogens with zero attached hydrogens (tertiary/aromatic N) is 1. The third-order valence-corrected chi connectivity index (χ3v) is 4.92. The number of ketones is 1. The highest BCUT2D eigenvalue weighted by Gasteiger charge is 2.28. The van der Waals surface area contributed by atoms with Gasteiger partial charge in [-0.15, -0.1) is 0 Å². The number of pyridine rings is 1. The minimum Gasteiger partial charge on any atom is -0.493 e. The summed E-state index contributed by atoms with van der Waals surface area (Å²) < 4.78 is 22.0. The average molecular weight is 446 g/mol. The predicted molar refractivity (Wildman–Crippen MR) is 121 cm³/mol. The van der Waals surface area contributed by atoms with E-state index in [0.29, 0.717) is 40.7 Å². The van der Waals surface area contributed by atoms with E-state index in [2.05, 4.69) is 10.3 Å². The molecule has 2 aromatic carbocycles. The number of carbonyl (C=O) groups is 2. The summed E-state index contributed by atoms with van der Waals surface area (Å²) in [4.78, 5) is 29.0. The summed E-state index contributed by atoms with van der Waals surface area (Å²) in [5.74, 6) is 1.43. The first-order chi connectivity index (χ1) is 16.1. The average Bonchev–Trinajstić information content (AvgIpc) is 3.16. The van der Waals surface area contributed by atoms with Gasteiger partial charge in [0.25, 0.3) is 5.91 Å². The smallest absolute Gasteiger partial charge is 0.258 e. The van der Waals surface area contributed by atoms with Gasteiger partial charge in [0.2, 0.25) is 5.78 Å². The molecule has 1 amide bonds. The Bertz CT molecular complexity index is 1210. The SMILES string of the molecule is COc1cccc(C=C2Oc3cc(OCC(=O)NCc4ccccn4)ccc3C2=O)c1OC. The molecule has 3 aromatic rings. The fourth-order valence-electron chi connectivity index (χ4n) is 3.32. The summed E-state index contributed by atoms with van der Waals surface area (Å²) >= 11 is 0. The number of ether oxygens (including phenoxy) is 4. The maximum absolute atomic E-state index is 12.8. The number of fused-ring (bicyclic) bond motifs is 1. The van der Waals surface area contributed by atoms with Crippen LogP contribution in [0.1, 0.15) is 21.6 Å². The molecular weight excluding hydrogens is 424 g/mol. The van der Waals surface area contributed by atoms with Crippen molar-refractivity contribution in [3.05, 3.63) is 83.4 Å². The standard InChI is InChI=1S/C25H22N2O6/c1-30-20-8-5-6-16(25(20)31-2)12-22-24(29)19-10-9-18(13-21(19)33-22)32-15-23(28)27-14-17-7-3-4-11-26-17/h3-13H,14-15H2,1-2H3,(H,27,28). The summed E-state index contributed by atoms with van der Waals surface area (Å²) in [6.07, 6.45) is 3.27. The van der Waals surface area contributed by atoms with Crippen LogP contribution in [0.5, 0.6) is 23.0 Å². The van der Waals surface area contributed by atoms with Crippen molar-refractivity contribution < 1.29 is 28.5 Å².